The van der Waals surface area contributed by atoms with Gasteiger partial charge in [0.1, 0.15) is 18.7 Å². The first kappa shape index (κ1) is 20.4. The van der Waals surface area contributed by atoms with Gasteiger partial charge in [-0.2, -0.15) is 0 Å². The molecule has 0 bridgehead atoms. The van der Waals surface area contributed by atoms with Crippen LogP contribution in [-0.2, 0) is 27.4 Å². The third kappa shape index (κ3) is 5.57. The summed E-state index contributed by atoms with van der Waals surface area (Å²) < 4.78 is 5.33. The predicted octanol–water partition coefficient (Wildman–Crippen LogP) is 2.60. The van der Waals surface area contributed by atoms with E-state index in [0.717, 1.165) is 11.1 Å². The predicted molar refractivity (Wildman–Crippen MR) is 106 cm³/mol. The van der Waals surface area contributed by atoms with Gasteiger partial charge in [0, 0.05) is 13.0 Å². The van der Waals surface area contributed by atoms with Crippen molar-refractivity contribution in [3.63, 3.8) is 0 Å². The van der Waals surface area contributed by atoms with Crippen LogP contribution in [-0.4, -0.2) is 46.6 Å². The Morgan fingerprint density at radius 3 is 2.28 bits per heavy atom. The van der Waals surface area contributed by atoms with Crippen LogP contribution in [0.3, 0.4) is 0 Å². The van der Waals surface area contributed by atoms with Crippen molar-refractivity contribution in [3.05, 3.63) is 71.8 Å². The molecule has 0 unspecified atom stereocenters. The molecule has 1 aliphatic heterocycles. The summed E-state index contributed by atoms with van der Waals surface area (Å²) in [5.74, 6) is -1.58. The summed E-state index contributed by atoms with van der Waals surface area (Å²) in [4.78, 5) is 38.2. The Hall–Kier alpha value is -3.35. The molecule has 0 radical (unpaired) electrons. The number of aliphatic carboxylic acids is 1. The Morgan fingerprint density at radius 2 is 1.66 bits per heavy atom. The van der Waals surface area contributed by atoms with Crippen LogP contribution in [0.25, 0.3) is 0 Å². The minimum Gasteiger partial charge on any atom is -0.480 e. The van der Waals surface area contributed by atoms with E-state index in [9.17, 15) is 19.5 Å². The number of carboxylic acids is 1. The molecule has 1 saturated heterocycles. The molecule has 2 N–H and O–H groups in total. The highest BCUT2D eigenvalue weighted by molar-refractivity contribution is 5.89. The number of carbonyl (C=O) groups excluding carboxylic acids is 2. The maximum absolute atomic E-state index is 12.7. The Balaban J connectivity index is 1.59. The molecule has 7 heteroatoms. The maximum Gasteiger partial charge on any atom is 0.410 e. The van der Waals surface area contributed by atoms with Crippen LogP contribution in [0.15, 0.2) is 60.7 Å². The zero-order valence-electron chi connectivity index (χ0n) is 16.0. The van der Waals surface area contributed by atoms with Gasteiger partial charge in [-0.15, -0.1) is 0 Å². The van der Waals surface area contributed by atoms with Crippen LogP contribution in [0, 0.1) is 0 Å². The van der Waals surface area contributed by atoms with E-state index in [1.807, 2.05) is 60.7 Å². The van der Waals surface area contributed by atoms with Crippen molar-refractivity contribution in [2.45, 2.75) is 38.0 Å². The molecule has 2 amide bonds. The first-order valence-electron chi connectivity index (χ1n) is 9.59. The lowest BCUT2D eigenvalue weighted by atomic mass is 10.1. The Morgan fingerprint density at radius 1 is 1.03 bits per heavy atom. The van der Waals surface area contributed by atoms with Crippen molar-refractivity contribution in [2.75, 3.05) is 6.54 Å². The highest BCUT2D eigenvalue weighted by Gasteiger charge is 2.36. The number of hydrogen-bond donors (Lipinski definition) is 2. The molecule has 29 heavy (non-hydrogen) atoms. The first-order chi connectivity index (χ1) is 14.0. The third-order valence-corrected chi connectivity index (χ3v) is 4.89. The van der Waals surface area contributed by atoms with E-state index in [4.69, 9.17) is 4.74 Å². The number of hydrogen-bond acceptors (Lipinski definition) is 4. The fourth-order valence-corrected chi connectivity index (χ4v) is 3.38. The van der Waals surface area contributed by atoms with E-state index < -0.39 is 30.1 Å². The average molecular weight is 396 g/mol. The van der Waals surface area contributed by atoms with E-state index in [1.54, 1.807) is 0 Å². The molecule has 1 heterocycles. The number of benzene rings is 2. The fraction of sp³-hybridized carbons (Fsp3) is 0.318. The lowest BCUT2D eigenvalue weighted by molar-refractivity contribution is -0.142. The monoisotopic (exact) mass is 396 g/mol. The molecule has 0 aliphatic carbocycles. The summed E-state index contributed by atoms with van der Waals surface area (Å²) in [6.45, 7) is 0.526. The van der Waals surface area contributed by atoms with Crippen molar-refractivity contribution in [2.24, 2.45) is 0 Å². The Bertz CT molecular complexity index is 841. The highest BCUT2D eigenvalue weighted by atomic mass is 16.6. The SMILES string of the molecule is O=C(O)[C@@H](Cc1ccccc1)NC(=O)[C@@H]1CCCN1C(=O)OCc1ccccc1. The van der Waals surface area contributed by atoms with Gasteiger partial charge in [-0.05, 0) is 24.0 Å². The molecule has 0 saturated carbocycles. The van der Waals surface area contributed by atoms with E-state index >= 15 is 0 Å². The Kier molecular flexibility index (Phi) is 6.84. The number of likely N-dealkylation sites (tertiary alicyclic amines) is 1. The molecule has 0 spiro atoms. The normalized spacial score (nSPS) is 16.8. The van der Waals surface area contributed by atoms with Gasteiger partial charge in [0.25, 0.3) is 0 Å². The summed E-state index contributed by atoms with van der Waals surface area (Å²) in [6.07, 6.45) is 0.743. The van der Waals surface area contributed by atoms with Crippen LogP contribution in [0.2, 0.25) is 0 Å². The zero-order valence-corrected chi connectivity index (χ0v) is 16.0. The van der Waals surface area contributed by atoms with Crippen LogP contribution < -0.4 is 5.32 Å². The molecule has 1 aliphatic rings. The Labute approximate surface area is 169 Å². The van der Waals surface area contributed by atoms with Gasteiger partial charge in [0.05, 0.1) is 0 Å². The molecule has 2 atom stereocenters. The molecule has 2 aromatic carbocycles. The summed E-state index contributed by atoms with van der Waals surface area (Å²) in [5.41, 5.74) is 1.67. The molecular weight excluding hydrogens is 372 g/mol. The number of carboxylic acid groups (broad SMARTS) is 1. The zero-order chi connectivity index (χ0) is 20.6. The van der Waals surface area contributed by atoms with Crippen LogP contribution in [0.5, 0.6) is 0 Å². The third-order valence-electron chi connectivity index (χ3n) is 4.89. The number of ether oxygens (including phenoxy) is 1. The van der Waals surface area contributed by atoms with E-state index in [2.05, 4.69) is 5.32 Å². The molecule has 0 aromatic heterocycles. The molecule has 7 nitrogen and oxygen atoms in total. The summed E-state index contributed by atoms with van der Waals surface area (Å²) >= 11 is 0. The number of amides is 2. The first-order valence-corrected chi connectivity index (χ1v) is 9.59. The highest BCUT2D eigenvalue weighted by Crippen LogP contribution is 2.19. The lowest BCUT2D eigenvalue weighted by Crippen LogP contribution is -2.51. The van der Waals surface area contributed by atoms with Crippen LogP contribution in [0.1, 0.15) is 24.0 Å². The second kappa shape index (κ2) is 9.73. The second-order valence-electron chi connectivity index (χ2n) is 6.98. The van der Waals surface area contributed by atoms with Gasteiger partial charge in [-0.3, -0.25) is 9.69 Å². The van der Waals surface area contributed by atoms with Gasteiger partial charge in [0.2, 0.25) is 5.91 Å². The van der Waals surface area contributed by atoms with Crippen molar-refractivity contribution >= 4 is 18.0 Å². The van der Waals surface area contributed by atoms with E-state index in [-0.39, 0.29) is 13.0 Å². The van der Waals surface area contributed by atoms with Gasteiger partial charge < -0.3 is 15.2 Å². The van der Waals surface area contributed by atoms with Crippen molar-refractivity contribution < 1.29 is 24.2 Å². The standard InChI is InChI=1S/C22H24N2O5/c25-20(23-18(21(26)27)14-16-8-3-1-4-9-16)19-12-7-13-24(19)22(28)29-15-17-10-5-2-6-11-17/h1-6,8-11,18-19H,7,12-15H2,(H,23,25)(H,26,27)/t18-,19+/m1/s1. The number of rotatable bonds is 7. The molecule has 152 valence electrons. The molecule has 2 aromatic rings. The van der Waals surface area contributed by atoms with Gasteiger partial charge in [-0.1, -0.05) is 60.7 Å². The summed E-state index contributed by atoms with van der Waals surface area (Å²) in [5, 5.41) is 12.1. The average Bonchev–Trinajstić information content (AvgIpc) is 3.23. The summed E-state index contributed by atoms with van der Waals surface area (Å²) in [7, 11) is 0. The topological polar surface area (TPSA) is 95.9 Å². The van der Waals surface area contributed by atoms with E-state index in [0.29, 0.717) is 19.4 Å². The van der Waals surface area contributed by atoms with Gasteiger partial charge >= 0.3 is 12.1 Å². The number of carbonyl (C=O) groups is 3. The smallest absolute Gasteiger partial charge is 0.410 e. The number of nitrogens with zero attached hydrogens (tertiary/aromatic N) is 1. The minimum absolute atomic E-state index is 0.121. The molecule has 1 fully saturated rings. The molecule has 3 rings (SSSR count). The van der Waals surface area contributed by atoms with E-state index in [1.165, 1.54) is 4.90 Å². The number of nitrogens with one attached hydrogen (secondary N) is 1. The quantitative estimate of drug-likeness (QED) is 0.750. The fourth-order valence-electron chi connectivity index (χ4n) is 3.38. The van der Waals surface area contributed by atoms with Gasteiger partial charge in [-0.25, -0.2) is 9.59 Å². The minimum atomic E-state index is -1.11. The maximum atomic E-state index is 12.7. The van der Waals surface area contributed by atoms with Crippen molar-refractivity contribution in [3.8, 4) is 0 Å². The van der Waals surface area contributed by atoms with Crippen molar-refractivity contribution in [1.29, 1.82) is 0 Å². The van der Waals surface area contributed by atoms with Crippen molar-refractivity contribution in [1.82, 2.24) is 10.2 Å². The second-order valence-corrected chi connectivity index (χ2v) is 6.98. The lowest BCUT2D eigenvalue weighted by Gasteiger charge is -2.25. The largest absolute Gasteiger partial charge is 0.480 e. The van der Waals surface area contributed by atoms with Gasteiger partial charge in [0.15, 0.2) is 0 Å². The summed E-state index contributed by atoms with van der Waals surface area (Å²) in [6, 6.07) is 16.6. The molecular formula is C22H24N2O5. The van der Waals surface area contributed by atoms with Crippen LogP contribution >= 0.6 is 0 Å². The van der Waals surface area contributed by atoms with Crippen LogP contribution in [0.4, 0.5) is 4.79 Å².